The van der Waals surface area contributed by atoms with Gasteiger partial charge in [-0.15, -0.1) is 0 Å². The molecular formula is C15H20IN3O2. The third-order valence-electron chi connectivity index (χ3n) is 3.55. The van der Waals surface area contributed by atoms with E-state index in [1.807, 2.05) is 39.0 Å². The standard InChI is InChI=1S/C15H20IN3O2/c1-9(2)19-8-12(7-14(19)20)17-15(21)18-13-5-4-11(16)6-10(13)3/h4-6,9,12H,7-8H2,1-3H3,(H2,17,18,21). The van der Waals surface area contributed by atoms with Gasteiger partial charge in [-0.3, -0.25) is 4.79 Å². The van der Waals surface area contributed by atoms with Gasteiger partial charge in [-0.1, -0.05) is 0 Å². The first-order chi connectivity index (χ1) is 9.86. The van der Waals surface area contributed by atoms with Crippen LogP contribution < -0.4 is 10.6 Å². The van der Waals surface area contributed by atoms with Gasteiger partial charge in [0.15, 0.2) is 0 Å². The van der Waals surface area contributed by atoms with Gasteiger partial charge in [0.1, 0.15) is 0 Å². The van der Waals surface area contributed by atoms with Gasteiger partial charge in [0.05, 0.1) is 6.04 Å². The number of likely N-dealkylation sites (tertiary alicyclic amines) is 1. The topological polar surface area (TPSA) is 61.4 Å². The first-order valence-corrected chi connectivity index (χ1v) is 8.08. The monoisotopic (exact) mass is 401 g/mol. The number of nitrogens with zero attached hydrogens (tertiary/aromatic N) is 1. The largest absolute Gasteiger partial charge is 0.338 e. The summed E-state index contributed by atoms with van der Waals surface area (Å²) in [6, 6.07) is 5.63. The zero-order chi connectivity index (χ0) is 15.6. The highest BCUT2D eigenvalue weighted by molar-refractivity contribution is 14.1. The van der Waals surface area contributed by atoms with Crippen molar-refractivity contribution >= 4 is 40.2 Å². The van der Waals surface area contributed by atoms with E-state index in [9.17, 15) is 9.59 Å². The Bertz CT molecular complexity index is 560. The summed E-state index contributed by atoms with van der Waals surface area (Å²) in [4.78, 5) is 25.6. The van der Waals surface area contributed by atoms with Crippen LogP contribution in [0.4, 0.5) is 10.5 Å². The molecule has 3 amide bonds. The maximum absolute atomic E-state index is 12.0. The number of benzene rings is 1. The fraction of sp³-hybridized carbons (Fsp3) is 0.467. The lowest BCUT2D eigenvalue weighted by Gasteiger charge is -2.21. The molecule has 1 aliphatic heterocycles. The first kappa shape index (κ1) is 16.1. The second kappa shape index (κ2) is 6.64. The van der Waals surface area contributed by atoms with Crippen LogP contribution in [0, 0.1) is 10.5 Å². The van der Waals surface area contributed by atoms with Crippen LogP contribution in [-0.2, 0) is 4.79 Å². The van der Waals surface area contributed by atoms with Gasteiger partial charge in [-0.25, -0.2) is 4.79 Å². The van der Waals surface area contributed by atoms with Crippen molar-refractivity contribution in [2.75, 3.05) is 11.9 Å². The number of carbonyl (C=O) groups is 2. The summed E-state index contributed by atoms with van der Waals surface area (Å²) in [6.45, 7) is 6.50. The van der Waals surface area contributed by atoms with E-state index in [-0.39, 0.29) is 24.0 Å². The maximum atomic E-state index is 12.0. The molecule has 0 aromatic heterocycles. The molecule has 6 heteroatoms. The van der Waals surface area contributed by atoms with Crippen LogP contribution in [0.25, 0.3) is 0 Å². The number of aryl methyl sites for hydroxylation is 1. The van der Waals surface area contributed by atoms with Gasteiger partial charge < -0.3 is 15.5 Å². The lowest BCUT2D eigenvalue weighted by Crippen LogP contribution is -2.40. The van der Waals surface area contributed by atoms with Crippen LogP contribution in [0.3, 0.4) is 0 Å². The Hall–Kier alpha value is -1.31. The summed E-state index contributed by atoms with van der Waals surface area (Å²) in [5, 5.41) is 5.71. The third kappa shape index (κ3) is 4.09. The SMILES string of the molecule is Cc1cc(I)ccc1NC(=O)NC1CC(=O)N(C(C)C)C1. The summed E-state index contributed by atoms with van der Waals surface area (Å²) in [7, 11) is 0. The van der Waals surface area contributed by atoms with E-state index in [0.29, 0.717) is 13.0 Å². The number of carbonyl (C=O) groups excluding carboxylic acids is 2. The Morgan fingerprint density at radius 3 is 2.71 bits per heavy atom. The Morgan fingerprint density at radius 1 is 1.43 bits per heavy atom. The molecule has 0 saturated carbocycles. The number of urea groups is 1. The van der Waals surface area contributed by atoms with E-state index in [1.165, 1.54) is 0 Å². The van der Waals surface area contributed by atoms with E-state index in [0.717, 1.165) is 14.8 Å². The van der Waals surface area contributed by atoms with Gasteiger partial charge in [0.2, 0.25) is 5.91 Å². The number of anilines is 1. The molecule has 1 aromatic rings. The Labute approximate surface area is 138 Å². The molecule has 21 heavy (non-hydrogen) atoms. The van der Waals surface area contributed by atoms with Gasteiger partial charge in [-0.2, -0.15) is 0 Å². The Kier molecular flexibility index (Phi) is 5.08. The number of amides is 3. The smallest absolute Gasteiger partial charge is 0.319 e. The average molecular weight is 401 g/mol. The van der Waals surface area contributed by atoms with E-state index in [1.54, 1.807) is 4.90 Å². The van der Waals surface area contributed by atoms with Crippen LogP contribution in [0.2, 0.25) is 0 Å². The van der Waals surface area contributed by atoms with Gasteiger partial charge in [0, 0.05) is 28.3 Å². The fourth-order valence-electron chi connectivity index (χ4n) is 2.44. The highest BCUT2D eigenvalue weighted by atomic mass is 127. The van der Waals surface area contributed by atoms with Crippen molar-refractivity contribution in [1.82, 2.24) is 10.2 Å². The molecule has 1 aromatic carbocycles. The summed E-state index contributed by atoms with van der Waals surface area (Å²) in [5.41, 5.74) is 1.81. The van der Waals surface area contributed by atoms with Crippen molar-refractivity contribution in [3.8, 4) is 0 Å². The second-order valence-electron chi connectivity index (χ2n) is 5.60. The zero-order valence-electron chi connectivity index (χ0n) is 12.4. The first-order valence-electron chi connectivity index (χ1n) is 7.00. The molecule has 1 aliphatic rings. The predicted octanol–water partition coefficient (Wildman–Crippen LogP) is 2.73. The van der Waals surface area contributed by atoms with Crippen LogP contribution >= 0.6 is 22.6 Å². The molecular weight excluding hydrogens is 381 g/mol. The number of hydrogen-bond donors (Lipinski definition) is 2. The molecule has 2 rings (SSSR count). The molecule has 5 nitrogen and oxygen atoms in total. The molecule has 1 fully saturated rings. The van der Waals surface area contributed by atoms with Crippen molar-refractivity contribution in [3.05, 3.63) is 27.3 Å². The third-order valence-corrected chi connectivity index (χ3v) is 4.22. The highest BCUT2D eigenvalue weighted by Crippen LogP contribution is 2.18. The number of nitrogens with one attached hydrogen (secondary N) is 2. The van der Waals surface area contributed by atoms with Crippen molar-refractivity contribution in [1.29, 1.82) is 0 Å². The molecule has 0 radical (unpaired) electrons. The van der Waals surface area contributed by atoms with Crippen molar-refractivity contribution in [2.45, 2.75) is 39.3 Å². The normalized spacial score (nSPS) is 18.2. The quantitative estimate of drug-likeness (QED) is 0.766. The van der Waals surface area contributed by atoms with E-state index in [4.69, 9.17) is 0 Å². The number of halogens is 1. The van der Waals surface area contributed by atoms with Gasteiger partial charge in [-0.05, 0) is 67.1 Å². The Morgan fingerprint density at radius 2 is 2.14 bits per heavy atom. The summed E-state index contributed by atoms with van der Waals surface area (Å²) in [5.74, 6) is 0.0979. The molecule has 0 bridgehead atoms. The lowest BCUT2D eigenvalue weighted by molar-refractivity contribution is -0.129. The molecule has 1 saturated heterocycles. The van der Waals surface area contributed by atoms with Gasteiger partial charge in [0.25, 0.3) is 0 Å². The van der Waals surface area contributed by atoms with E-state index >= 15 is 0 Å². The van der Waals surface area contributed by atoms with Crippen molar-refractivity contribution in [2.24, 2.45) is 0 Å². The zero-order valence-corrected chi connectivity index (χ0v) is 14.6. The van der Waals surface area contributed by atoms with E-state index in [2.05, 4.69) is 33.2 Å². The molecule has 0 aliphatic carbocycles. The van der Waals surface area contributed by atoms with Crippen LogP contribution in [0.5, 0.6) is 0 Å². The predicted molar refractivity (Wildman–Crippen MR) is 91.3 cm³/mol. The molecule has 1 heterocycles. The average Bonchev–Trinajstić information content (AvgIpc) is 2.74. The molecule has 114 valence electrons. The molecule has 1 unspecified atom stereocenters. The number of hydrogen-bond acceptors (Lipinski definition) is 2. The van der Waals surface area contributed by atoms with Crippen LogP contribution in [0.1, 0.15) is 25.8 Å². The minimum Gasteiger partial charge on any atom is -0.338 e. The van der Waals surface area contributed by atoms with Crippen LogP contribution in [0.15, 0.2) is 18.2 Å². The highest BCUT2D eigenvalue weighted by Gasteiger charge is 2.31. The summed E-state index contributed by atoms with van der Waals surface area (Å²) in [6.07, 6.45) is 0.372. The number of rotatable bonds is 3. The molecule has 1 atom stereocenters. The maximum Gasteiger partial charge on any atom is 0.319 e. The summed E-state index contributed by atoms with van der Waals surface area (Å²) >= 11 is 2.24. The molecule has 2 N–H and O–H groups in total. The van der Waals surface area contributed by atoms with Gasteiger partial charge >= 0.3 is 6.03 Å². The molecule has 0 spiro atoms. The minimum atomic E-state index is -0.261. The van der Waals surface area contributed by atoms with E-state index < -0.39 is 0 Å². The Balaban J connectivity index is 1.92. The lowest BCUT2D eigenvalue weighted by atomic mass is 10.2. The fourth-order valence-corrected chi connectivity index (χ4v) is 3.09. The van der Waals surface area contributed by atoms with Crippen LogP contribution in [-0.4, -0.2) is 35.5 Å². The summed E-state index contributed by atoms with van der Waals surface area (Å²) < 4.78 is 1.13. The minimum absolute atomic E-state index is 0.0979. The second-order valence-corrected chi connectivity index (χ2v) is 6.84. The van der Waals surface area contributed by atoms with Crippen molar-refractivity contribution < 1.29 is 9.59 Å². The van der Waals surface area contributed by atoms with Crippen molar-refractivity contribution in [3.63, 3.8) is 0 Å².